The van der Waals surface area contributed by atoms with E-state index in [4.69, 9.17) is 0 Å². The first-order valence-corrected chi connectivity index (χ1v) is 7.20. The second-order valence-electron chi connectivity index (χ2n) is 5.76. The normalized spacial score (nSPS) is 34.1. The number of likely N-dealkylation sites (tertiary alicyclic amines) is 1. The molecule has 2 heteroatoms. The van der Waals surface area contributed by atoms with Crippen LogP contribution >= 0.6 is 0 Å². The molecule has 0 spiro atoms. The van der Waals surface area contributed by atoms with Crippen LogP contribution in [0.3, 0.4) is 0 Å². The van der Waals surface area contributed by atoms with Gasteiger partial charge in [0.2, 0.25) is 0 Å². The molecule has 2 atom stereocenters. The zero-order valence-electron chi connectivity index (χ0n) is 10.7. The van der Waals surface area contributed by atoms with Gasteiger partial charge in [-0.05, 0) is 50.6 Å². The Kier molecular flexibility index (Phi) is 4.66. The van der Waals surface area contributed by atoms with Crippen LogP contribution in [-0.4, -0.2) is 35.7 Å². The highest BCUT2D eigenvalue weighted by molar-refractivity contribution is 4.80. The Labute approximate surface area is 100 Å². The minimum atomic E-state index is -0.0161. The SMILES string of the molecule is CCC1CCN(CC2CCCCC2O)CC1. The summed E-state index contributed by atoms with van der Waals surface area (Å²) in [5.41, 5.74) is 0. The van der Waals surface area contributed by atoms with Crippen molar-refractivity contribution < 1.29 is 5.11 Å². The minimum absolute atomic E-state index is 0.0161. The van der Waals surface area contributed by atoms with Crippen LogP contribution in [0.5, 0.6) is 0 Å². The Bertz CT molecular complexity index is 199. The molecule has 1 saturated carbocycles. The quantitative estimate of drug-likeness (QED) is 0.798. The van der Waals surface area contributed by atoms with Crippen molar-refractivity contribution in [2.45, 2.75) is 58.0 Å². The molecule has 0 bridgehead atoms. The van der Waals surface area contributed by atoms with Gasteiger partial charge in [-0.25, -0.2) is 0 Å². The maximum atomic E-state index is 9.97. The van der Waals surface area contributed by atoms with Crippen molar-refractivity contribution >= 4 is 0 Å². The molecule has 2 aliphatic rings. The molecule has 0 aromatic heterocycles. The molecule has 2 rings (SSSR count). The molecule has 0 aromatic carbocycles. The monoisotopic (exact) mass is 225 g/mol. The van der Waals surface area contributed by atoms with Crippen molar-refractivity contribution in [3.63, 3.8) is 0 Å². The maximum Gasteiger partial charge on any atom is 0.0580 e. The summed E-state index contributed by atoms with van der Waals surface area (Å²) >= 11 is 0. The highest BCUT2D eigenvalue weighted by Crippen LogP contribution is 2.27. The standard InChI is InChI=1S/C14H27NO/c1-2-12-7-9-15(10-8-12)11-13-5-3-4-6-14(13)16/h12-14,16H,2-11H2,1H3. The highest BCUT2D eigenvalue weighted by Gasteiger charge is 2.26. The van der Waals surface area contributed by atoms with Crippen molar-refractivity contribution in [1.82, 2.24) is 4.90 Å². The number of hydrogen-bond donors (Lipinski definition) is 1. The number of aliphatic hydroxyl groups is 1. The van der Waals surface area contributed by atoms with E-state index >= 15 is 0 Å². The number of rotatable bonds is 3. The van der Waals surface area contributed by atoms with Crippen LogP contribution in [0.2, 0.25) is 0 Å². The fraction of sp³-hybridized carbons (Fsp3) is 1.00. The van der Waals surface area contributed by atoms with Gasteiger partial charge in [0.1, 0.15) is 0 Å². The predicted octanol–water partition coefficient (Wildman–Crippen LogP) is 2.66. The third-order valence-electron chi connectivity index (χ3n) is 4.65. The molecule has 94 valence electrons. The topological polar surface area (TPSA) is 23.5 Å². The lowest BCUT2D eigenvalue weighted by Gasteiger charge is -2.36. The number of aliphatic hydroxyl groups excluding tert-OH is 1. The van der Waals surface area contributed by atoms with E-state index in [1.807, 2.05) is 0 Å². The lowest BCUT2D eigenvalue weighted by molar-refractivity contribution is 0.0382. The van der Waals surface area contributed by atoms with Gasteiger partial charge in [-0.15, -0.1) is 0 Å². The van der Waals surface area contributed by atoms with Crippen molar-refractivity contribution in [2.75, 3.05) is 19.6 Å². The third kappa shape index (κ3) is 3.21. The predicted molar refractivity (Wildman–Crippen MR) is 67.4 cm³/mol. The van der Waals surface area contributed by atoms with Gasteiger partial charge in [-0.2, -0.15) is 0 Å². The molecule has 1 aliphatic heterocycles. The summed E-state index contributed by atoms with van der Waals surface area (Å²) in [6.07, 6.45) is 8.92. The Morgan fingerprint density at radius 2 is 1.75 bits per heavy atom. The molecule has 2 fully saturated rings. The van der Waals surface area contributed by atoms with Crippen LogP contribution in [-0.2, 0) is 0 Å². The van der Waals surface area contributed by atoms with Crippen LogP contribution < -0.4 is 0 Å². The molecule has 2 unspecified atom stereocenters. The number of hydrogen-bond acceptors (Lipinski definition) is 2. The van der Waals surface area contributed by atoms with E-state index in [1.165, 1.54) is 51.6 Å². The molecule has 16 heavy (non-hydrogen) atoms. The van der Waals surface area contributed by atoms with E-state index in [2.05, 4.69) is 11.8 Å². The third-order valence-corrected chi connectivity index (χ3v) is 4.65. The Morgan fingerprint density at radius 1 is 1.06 bits per heavy atom. The van der Waals surface area contributed by atoms with E-state index in [-0.39, 0.29) is 6.10 Å². The van der Waals surface area contributed by atoms with Gasteiger partial charge in [-0.3, -0.25) is 0 Å². The molecule has 1 saturated heterocycles. The molecule has 1 aliphatic carbocycles. The van der Waals surface area contributed by atoms with Gasteiger partial charge < -0.3 is 10.0 Å². The van der Waals surface area contributed by atoms with E-state index in [0.29, 0.717) is 5.92 Å². The molecular formula is C14H27NO. The van der Waals surface area contributed by atoms with Gasteiger partial charge in [0.15, 0.2) is 0 Å². The fourth-order valence-corrected chi connectivity index (χ4v) is 3.31. The van der Waals surface area contributed by atoms with E-state index in [1.54, 1.807) is 0 Å². The Morgan fingerprint density at radius 3 is 2.38 bits per heavy atom. The lowest BCUT2D eigenvalue weighted by atomic mass is 9.85. The summed E-state index contributed by atoms with van der Waals surface area (Å²) in [5.74, 6) is 1.53. The average molecular weight is 225 g/mol. The Hall–Kier alpha value is -0.0800. The van der Waals surface area contributed by atoms with Crippen LogP contribution in [0, 0.1) is 11.8 Å². The van der Waals surface area contributed by atoms with Crippen LogP contribution in [0.25, 0.3) is 0 Å². The van der Waals surface area contributed by atoms with Crippen LogP contribution in [0.15, 0.2) is 0 Å². The number of nitrogens with zero attached hydrogens (tertiary/aromatic N) is 1. The second-order valence-corrected chi connectivity index (χ2v) is 5.76. The summed E-state index contributed by atoms with van der Waals surface area (Å²) in [4.78, 5) is 2.59. The van der Waals surface area contributed by atoms with E-state index < -0.39 is 0 Å². The first kappa shape index (κ1) is 12.4. The summed E-state index contributed by atoms with van der Waals surface area (Å²) in [6.45, 7) is 5.99. The smallest absolute Gasteiger partial charge is 0.0580 e. The van der Waals surface area contributed by atoms with Crippen molar-refractivity contribution in [3.8, 4) is 0 Å². The first-order valence-electron chi connectivity index (χ1n) is 7.20. The van der Waals surface area contributed by atoms with Gasteiger partial charge in [0.25, 0.3) is 0 Å². The molecule has 1 heterocycles. The lowest BCUT2D eigenvalue weighted by Crippen LogP contribution is -2.41. The van der Waals surface area contributed by atoms with Crippen LogP contribution in [0.1, 0.15) is 51.9 Å². The van der Waals surface area contributed by atoms with Gasteiger partial charge in [-0.1, -0.05) is 26.2 Å². The highest BCUT2D eigenvalue weighted by atomic mass is 16.3. The maximum absolute atomic E-state index is 9.97. The summed E-state index contributed by atoms with van der Waals surface area (Å²) < 4.78 is 0. The molecular weight excluding hydrogens is 198 g/mol. The Balaban J connectivity index is 1.73. The van der Waals surface area contributed by atoms with Crippen molar-refractivity contribution in [2.24, 2.45) is 11.8 Å². The number of piperidine rings is 1. The summed E-state index contributed by atoms with van der Waals surface area (Å²) in [7, 11) is 0. The van der Waals surface area contributed by atoms with Gasteiger partial charge in [0, 0.05) is 6.54 Å². The second kappa shape index (κ2) is 6.02. The zero-order chi connectivity index (χ0) is 11.4. The molecule has 0 radical (unpaired) electrons. The van der Waals surface area contributed by atoms with Crippen LogP contribution in [0.4, 0.5) is 0 Å². The molecule has 0 aromatic rings. The molecule has 2 nitrogen and oxygen atoms in total. The first-order chi connectivity index (χ1) is 7.79. The summed E-state index contributed by atoms with van der Waals surface area (Å²) in [6, 6.07) is 0. The fourth-order valence-electron chi connectivity index (χ4n) is 3.31. The van der Waals surface area contributed by atoms with E-state index in [0.717, 1.165) is 18.9 Å². The largest absolute Gasteiger partial charge is 0.393 e. The van der Waals surface area contributed by atoms with Crippen molar-refractivity contribution in [1.29, 1.82) is 0 Å². The van der Waals surface area contributed by atoms with E-state index in [9.17, 15) is 5.11 Å². The minimum Gasteiger partial charge on any atom is -0.393 e. The van der Waals surface area contributed by atoms with Crippen molar-refractivity contribution in [3.05, 3.63) is 0 Å². The average Bonchev–Trinajstić information content (AvgIpc) is 2.33. The zero-order valence-corrected chi connectivity index (χ0v) is 10.7. The summed E-state index contributed by atoms with van der Waals surface area (Å²) in [5, 5.41) is 9.97. The molecule has 1 N–H and O–H groups in total. The molecule has 0 amide bonds. The van der Waals surface area contributed by atoms with Gasteiger partial charge >= 0.3 is 0 Å². The van der Waals surface area contributed by atoms with Gasteiger partial charge in [0.05, 0.1) is 6.10 Å².